The molecular formula is C13H17NO2. The molecule has 0 atom stereocenters. The lowest BCUT2D eigenvalue weighted by atomic mass is 10.2. The summed E-state index contributed by atoms with van der Waals surface area (Å²) >= 11 is 0. The fourth-order valence-corrected chi connectivity index (χ4v) is 1.54. The molecule has 0 saturated heterocycles. The summed E-state index contributed by atoms with van der Waals surface area (Å²) in [6.07, 6.45) is 1.92. The highest BCUT2D eigenvalue weighted by Crippen LogP contribution is 2.16. The van der Waals surface area contributed by atoms with E-state index in [1.807, 2.05) is 36.1 Å². The predicted molar refractivity (Wildman–Crippen MR) is 65.8 cm³/mol. The van der Waals surface area contributed by atoms with Crippen LogP contribution in [0.4, 0.5) is 5.69 Å². The number of carbonyl (C=O) groups is 1. The number of benzene rings is 1. The standard InChI is InChI=1S/C13H17NO2/c1-3-8-14(9-7-13(15)16)12-6-4-5-11(2)10-12/h3-6,10H,1,7-9H2,2H3,(H,15,16). The van der Waals surface area contributed by atoms with Crippen LogP contribution >= 0.6 is 0 Å². The van der Waals surface area contributed by atoms with Gasteiger partial charge in [-0.2, -0.15) is 0 Å². The number of aryl methyl sites for hydroxylation is 1. The van der Waals surface area contributed by atoms with Crippen LogP contribution in [-0.2, 0) is 4.79 Å². The average Bonchev–Trinajstić information content (AvgIpc) is 2.24. The molecule has 0 aliphatic carbocycles. The topological polar surface area (TPSA) is 40.5 Å². The first-order valence-electron chi connectivity index (χ1n) is 5.28. The Kier molecular flexibility index (Phi) is 4.58. The summed E-state index contributed by atoms with van der Waals surface area (Å²) in [6.45, 7) is 6.88. The van der Waals surface area contributed by atoms with Crippen LogP contribution in [0.3, 0.4) is 0 Å². The molecular weight excluding hydrogens is 202 g/mol. The second-order valence-corrected chi connectivity index (χ2v) is 3.72. The summed E-state index contributed by atoms with van der Waals surface area (Å²) in [7, 11) is 0. The minimum atomic E-state index is -0.776. The second kappa shape index (κ2) is 5.95. The van der Waals surface area contributed by atoms with Gasteiger partial charge in [-0.3, -0.25) is 4.79 Å². The minimum absolute atomic E-state index is 0.141. The van der Waals surface area contributed by atoms with Crippen molar-refractivity contribution in [1.29, 1.82) is 0 Å². The molecule has 1 aromatic rings. The Morgan fingerprint density at radius 3 is 2.88 bits per heavy atom. The zero-order valence-corrected chi connectivity index (χ0v) is 9.52. The van der Waals surface area contributed by atoms with E-state index < -0.39 is 5.97 Å². The van der Waals surface area contributed by atoms with Crippen LogP contribution in [0.2, 0.25) is 0 Å². The van der Waals surface area contributed by atoms with Crippen molar-refractivity contribution < 1.29 is 9.90 Å². The molecule has 0 saturated carbocycles. The van der Waals surface area contributed by atoms with E-state index in [0.717, 1.165) is 5.69 Å². The van der Waals surface area contributed by atoms with Gasteiger partial charge in [0.2, 0.25) is 0 Å². The van der Waals surface area contributed by atoms with Crippen molar-refractivity contribution in [1.82, 2.24) is 0 Å². The second-order valence-electron chi connectivity index (χ2n) is 3.72. The van der Waals surface area contributed by atoms with E-state index in [-0.39, 0.29) is 6.42 Å². The van der Waals surface area contributed by atoms with Gasteiger partial charge in [0.25, 0.3) is 0 Å². The van der Waals surface area contributed by atoms with Gasteiger partial charge in [-0.05, 0) is 24.6 Å². The lowest BCUT2D eigenvalue weighted by Gasteiger charge is -2.22. The first kappa shape index (κ1) is 12.3. The van der Waals surface area contributed by atoms with Crippen molar-refractivity contribution >= 4 is 11.7 Å². The normalized spacial score (nSPS) is 9.81. The Hall–Kier alpha value is -1.77. The van der Waals surface area contributed by atoms with E-state index >= 15 is 0 Å². The number of hydrogen-bond acceptors (Lipinski definition) is 2. The van der Waals surface area contributed by atoms with Crippen LogP contribution in [0, 0.1) is 6.92 Å². The third-order valence-corrected chi connectivity index (χ3v) is 2.31. The first-order valence-corrected chi connectivity index (χ1v) is 5.28. The van der Waals surface area contributed by atoms with Crippen molar-refractivity contribution in [3.05, 3.63) is 42.5 Å². The zero-order chi connectivity index (χ0) is 12.0. The first-order chi connectivity index (χ1) is 7.63. The van der Waals surface area contributed by atoms with Crippen LogP contribution in [0.15, 0.2) is 36.9 Å². The van der Waals surface area contributed by atoms with Crippen LogP contribution < -0.4 is 4.90 Å². The van der Waals surface area contributed by atoms with Crippen LogP contribution in [0.5, 0.6) is 0 Å². The fourth-order valence-electron chi connectivity index (χ4n) is 1.54. The molecule has 0 fully saturated rings. The third kappa shape index (κ3) is 3.77. The molecule has 0 amide bonds. The van der Waals surface area contributed by atoms with Crippen LogP contribution in [0.25, 0.3) is 0 Å². The SMILES string of the molecule is C=CCN(CCC(=O)O)c1cccc(C)c1. The Labute approximate surface area is 96.0 Å². The van der Waals surface area contributed by atoms with E-state index in [1.54, 1.807) is 6.08 Å². The summed E-state index contributed by atoms with van der Waals surface area (Å²) in [5, 5.41) is 8.68. The molecule has 0 aliphatic rings. The summed E-state index contributed by atoms with van der Waals surface area (Å²) in [6, 6.07) is 8.03. The van der Waals surface area contributed by atoms with Gasteiger partial charge in [0.05, 0.1) is 6.42 Å². The maximum atomic E-state index is 10.6. The molecule has 0 aromatic heterocycles. The Balaban J connectivity index is 2.76. The minimum Gasteiger partial charge on any atom is -0.481 e. The van der Waals surface area contributed by atoms with Gasteiger partial charge in [0.1, 0.15) is 0 Å². The van der Waals surface area contributed by atoms with E-state index in [4.69, 9.17) is 5.11 Å². The largest absolute Gasteiger partial charge is 0.481 e. The summed E-state index contributed by atoms with van der Waals surface area (Å²) in [4.78, 5) is 12.6. The van der Waals surface area contributed by atoms with Gasteiger partial charge in [0.15, 0.2) is 0 Å². The monoisotopic (exact) mass is 219 g/mol. The van der Waals surface area contributed by atoms with Crippen molar-refractivity contribution in [3.63, 3.8) is 0 Å². The molecule has 0 bridgehead atoms. The Bertz CT molecular complexity index is 374. The zero-order valence-electron chi connectivity index (χ0n) is 9.52. The van der Waals surface area contributed by atoms with E-state index in [9.17, 15) is 4.79 Å². The quantitative estimate of drug-likeness (QED) is 0.747. The summed E-state index contributed by atoms with van der Waals surface area (Å²) in [5.74, 6) is -0.776. The molecule has 0 heterocycles. The molecule has 0 spiro atoms. The van der Waals surface area contributed by atoms with E-state index in [0.29, 0.717) is 13.1 Å². The smallest absolute Gasteiger partial charge is 0.305 e. The average molecular weight is 219 g/mol. The molecule has 86 valence electrons. The highest BCUT2D eigenvalue weighted by Gasteiger charge is 2.06. The molecule has 0 radical (unpaired) electrons. The number of nitrogens with zero attached hydrogens (tertiary/aromatic N) is 1. The van der Waals surface area contributed by atoms with Crippen molar-refractivity contribution in [2.45, 2.75) is 13.3 Å². The van der Waals surface area contributed by atoms with Gasteiger partial charge in [-0.1, -0.05) is 18.2 Å². The molecule has 3 nitrogen and oxygen atoms in total. The molecule has 1 aromatic carbocycles. The Morgan fingerprint density at radius 2 is 2.31 bits per heavy atom. The van der Waals surface area contributed by atoms with Crippen molar-refractivity contribution in [3.8, 4) is 0 Å². The predicted octanol–water partition coefficient (Wildman–Crippen LogP) is 2.46. The Morgan fingerprint density at radius 1 is 1.56 bits per heavy atom. The van der Waals surface area contributed by atoms with Crippen molar-refractivity contribution in [2.75, 3.05) is 18.0 Å². The number of carboxylic acid groups (broad SMARTS) is 1. The number of aliphatic carboxylic acids is 1. The van der Waals surface area contributed by atoms with Crippen molar-refractivity contribution in [2.24, 2.45) is 0 Å². The van der Waals surface area contributed by atoms with Gasteiger partial charge in [-0.25, -0.2) is 0 Å². The van der Waals surface area contributed by atoms with E-state index in [2.05, 4.69) is 6.58 Å². The maximum absolute atomic E-state index is 10.6. The molecule has 0 unspecified atom stereocenters. The molecule has 1 rings (SSSR count). The van der Waals surface area contributed by atoms with Gasteiger partial charge >= 0.3 is 5.97 Å². The summed E-state index contributed by atoms with van der Waals surface area (Å²) < 4.78 is 0. The third-order valence-electron chi connectivity index (χ3n) is 2.31. The lowest BCUT2D eigenvalue weighted by molar-refractivity contribution is -0.136. The lowest BCUT2D eigenvalue weighted by Crippen LogP contribution is -2.26. The summed E-state index contributed by atoms with van der Waals surface area (Å²) in [5.41, 5.74) is 2.21. The number of hydrogen-bond donors (Lipinski definition) is 1. The van der Waals surface area contributed by atoms with Crippen LogP contribution in [0.1, 0.15) is 12.0 Å². The molecule has 1 N–H and O–H groups in total. The maximum Gasteiger partial charge on any atom is 0.305 e. The highest BCUT2D eigenvalue weighted by atomic mass is 16.4. The number of rotatable bonds is 6. The van der Waals surface area contributed by atoms with E-state index in [1.165, 1.54) is 5.56 Å². The number of anilines is 1. The van der Waals surface area contributed by atoms with Crippen LogP contribution in [-0.4, -0.2) is 24.2 Å². The van der Waals surface area contributed by atoms with Gasteiger partial charge < -0.3 is 10.0 Å². The fraction of sp³-hybridized carbons (Fsp3) is 0.308. The number of carboxylic acids is 1. The molecule has 16 heavy (non-hydrogen) atoms. The van der Waals surface area contributed by atoms with Gasteiger partial charge in [-0.15, -0.1) is 6.58 Å². The highest BCUT2D eigenvalue weighted by molar-refractivity contribution is 5.67. The van der Waals surface area contributed by atoms with Gasteiger partial charge in [0, 0.05) is 18.8 Å². The molecule has 0 aliphatic heterocycles. The molecule has 3 heteroatoms.